The topological polar surface area (TPSA) is 41.3 Å². The smallest absolute Gasteiger partial charge is 0.0222 e. The number of nitrogens with zero attached hydrogens (tertiary/aromatic N) is 1. The average Bonchev–Trinajstić information content (AvgIpc) is 2.17. The highest BCUT2D eigenvalue weighted by molar-refractivity contribution is 4.65. The fourth-order valence-electron chi connectivity index (χ4n) is 1.54. The quantitative estimate of drug-likeness (QED) is 0.445. The maximum absolute atomic E-state index is 5.46. The molecule has 0 saturated carbocycles. The molecule has 0 aromatic heterocycles. The van der Waals surface area contributed by atoms with Gasteiger partial charge in [0.25, 0.3) is 0 Å². The van der Waals surface area contributed by atoms with Gasteiger partial charge in [-0.15, -0.1) is 0 Å². The summed E-state index contributed by atoms with van der Waals surface area (Å²) in [5.74, 6) is 5.46. The molecule has 1 unspecified atom stereocenters. The Balaban J connectivity index is 3.56. The van der Waals surface area contributed by atoms with Crippen molar-refractivity contribution in [3.05, 3.63) is 0 Å². The molecule has 0 aromatic carbocycles. The average molecular weight is 187 g/mol. The molecule has 0 radical (unpaired) electrons. The lowest BCUT2D eigenvalue weighted by atomic mass is 10.1. The first-order valence-corrected chi connectivity index (χ1v) is 5.46. The van der Waals surface area contributed by atoms with E-state index in [-0.39, 0.29) is 0 Å². The van der Waals surface area contributed by atoms with E-state index in [4.69, 9.17) is 5.84 Å². The van der Waals surface area contributed by atoms with Crippen LogP contribution in [0.1, 0.15) is 40.0 Å². The van der Waals surface area contributed by atoms with Crippen molar-refractivity contribution in [3.63, 3.8) is 0 Å². The number of nitrogens with two attached hydrogens (primary N) is 1. The summed E-state index contributed by atoms with van der Waals surface area (Å²) in [6.45, 7) is 10.0. The van der Waals surface area contributed by atoms with Gasteiger partial charge < -0.3 is 4.90 Å². The van der Waals surface area contributed by atoms with Crippen LogP contribution in [-0.4, -0.2) is 30.6 Å². The van der Waals surface area contributed by atoms with E-state index >= 15 is 0 Å². The lowest BCUT2D eigenvalue weighted by Crippen LogP contribution is -2.38. The van der Waals surface area contributed by atoms with Gasteiger partial charge in [0.05, 0.1) is 0 Å². The normalized spacial score (nSPS) is 13.6. The summed E-state index contributed by atoms with van der Waals surface area (Å²) >= 11 is 0. The molecule has 0 fully saturated rings. The highest BCUT2D eigenvalue weighted by Crippen LogP contribution is 2.02. The zero-order valence-corrected chi connectivity index (χ0v) is 9.34. The molecule has 3 heteroatoms. The molecule has 3 nitrogen and oxygen atoms in total. The number of rotatable bonds is 8. The SMILES string of the molecule is CCCC(CCN(CC)CC)NN. The van der Waals surface area contributed by atoms with E-state index in [0.717, 1.165) is 26.1 Å². The monoisotopic (exact) mass is 187 g/mol. The van der Waals surface area contributed by atoms with Crippen LogP contribution in [0.2, 0.25) is 0 Å². The van der Waals surface area contributed by atoms with Crippen molar-refractivity contribution in [2.24, 2.45) is 5.84 Å². The summed E-state index contributed by atoms with van der Waals surface area (Å²) in [6.07, 6.45) is 3.54. The van der Waals surface area contributed by atoms with Crippen molar-refractivity contribution >= 4 is 0 Å². The van der Waals surface area contributed by atoms with Crippen molar-refractivity contribution in [2.75, 3.05) is 19.6 Å². The number of hydrogen-bond acceptors (Lipinski definition) is 3. The third-order valence-electron chi connectivity index (χ3n) is 2.56. The Bertz CT molecular complexity index is 102. The van der Waals surface area contributed by atoms with E-state index in [1.54, 1.807) is 0 Å². The van der Waals surface area contributed by atoms with Crippen LogP contribution in [0.4, 0.5) is 0 Å². The fourth-order valence-corrected chi connectivity index (χ4v) is 1.54. The van der Waals surface area contributed by atoms with Gasteiger partial charge in [0.1, 0.15) is 0 Å². The maximum atomic E-state index is 5.46. The van der Waals surface area contributed by atoms with E-state index in [1.807, 2.05) is 0 Å². The molecule has 0 amide bonds. The summed E-state index contributed by atoms with van der Waals surface area (Å²) < 4.78 is 0. The predicted molar refractivity (Wildman–Crippen MR) is 58.4 cm³/mol. The van der Waals surface area contributed by atoms with E-state index in [1.165, 1.54) is 12.8 Å². The molecule has 1 atom stereocenters. The van der Waals surface area contributed by atoms with Crippen LogP contribution < -0.4 is 11.3 Å². The molecule has 80 valence electrons. The Kier molecular flexibility index (Phi) is 8.40. The molecule has 0 aliphatic carbocycles. The molecule has 3 N–H and O–H groups in total. The zero-order chi connectivity index (χ0) is 10.1. The van der Waals surface area contributed by atoms with E-state index in [0.29, 0.717) is 6.04 Å². The largest absolute Gasteiger partial charge is 0.304 e. The second-order valence-electron chi connectivity index (χ2n) is 3.47. The molecular formula is C10H25N3. The van der Waals surface area contributed by atoms with Crippen molar-refractivity contribution in [1.29, 1.82) is 0 Å². The molecule has 0 bridgehead atoms. The number of nitrogens with one attached hydrogen (secondary N) is 1. The van der Waals surface area contributed by atoms with Crippen LogP contribution >= 0.6 is 0 Å². The van der Waals surface area contributed by atoms with E-state index in [2.05, 4.69) is 31.1 Å². The lowest BCUT2D eigenvalue weighted by Gasteiger charge is -2.21. The van der Waals surface area contributed by atoms with Crippen molar-refractivity contribution in [1.82, 2.24) is 10.3 Å². The first-order valence-electron chi connectivity index (χ1n) is 5.46. The van der Waals surface area contributed by atoms with Gasteiger partial charge in [-0.05, 0) is 32.5 Å². The van der Waals surface area contributed by atoms with Crippen LogP contribution in [0.5, 0.6) is 0 Å². The van der Waals surface area contributed by atoms with Crippen LogP contribution in [-0.2, 0) is 0 Å². The summed E-state index contributed by atoms with van der Waals surface area (Å²) in [4.78, 5) is 2.43. The van der Waals surface area contributed by atoms with Crippen LogP contribution in [0.3, 0.4) is 0 Å². The van der Waals surface area contributed by atoms with E-state index in [9.17, 15) is 0 Å². The summed E-state index contributed by atoms with van der Waals surface area (Å²) in [7, 11) is 0. The number of hydrazine groups is 1. The zero-order valence-electron chi connectivity index (χ0n) is 9.34. The van der Waals surface area contributed by atoms with Crippen molar-refractivity contribution in [3.8, 4) is 0 Å². The minimum atomic E-state index is 0.491. The first-order chi connectivity index (χ1) is 6.28. The molecule has 0 heterocycles. The molecule has 0 aliphatic heterocycles. The minimum Gasteiger partial charge on any atom is -0.304 e. The maximum Gasteiger partial charge on any atom is 0.0222 e. The Morgan fingerprint density at radius 3 is 2.15 bits per heavy atom. The Morgan fingerprint density at radius 1 is 1.15 bits per heavy atom. The highest BCUT2D eigenvalue weighted by Gasteiger charge is 2.06. The van der Waals surface area contributed by atoms with Gasteiger partial charge in [-0.1, -0.05) is 27.2 Å². The standard InChI is InChI=1S/C10H25N3/c1-4-7-10(12-11)8-9-13(5-2)6-3/h10,12H,4-9,11H2,1-3H3. The summed E-state index contributed by atoms with van der Waals surface area (Å²) in [6, 6.07) is 0.491. The van der Waals surface area contributed by atoms with E-state index < -0.39 is 0 Å². The summed E-state index contributed by atoms with van der Waals surface area (Å²) in [5, 5.41) is 0. The molecule has 0 spiro atoms. The minimum absolute atomic E-state index is 0.491. The third-order valence-corrected chi connectivity index (χ3v) is 2.56. The second kappa shape index (κ2) is 8.48. The molecule has 0 rings (SSSR count). The molecule has 0 aromatic rings. The van der Waals surface area contributed by atoms with Gasteiger partial charge in [-0.3, -0.25) is 11.3 Å². The van der Waals surface area contributed by atoms with Gasteiger partial charge in [0, 0.05) is 6.04 Å². The fraction of sp³-hybridized carbons (Fsp3) is 1.00. The van der Waals surface area contributed by atoms with Crippen LogP contribution in [0.25, 0.3) is 0 Å². The third kappa shape index (κ3) is 6.02. The predicted octanol–water partition coefficient (Wildman–Crippen LogP) is 1.35. The molecule has 13 heavy (non-hydrogen) atoms. The van der Waals surface area contributed by atoms with Crippen LogP contribution in [0.15, 0.2) is 0 Å². The Morgan fingerprint density at radius 2 is 1.77 bits per heavy atom. The number of hydrogen-bond donors (Lipinski definition) is 2. The van der Waals surface area contributed by atoms with Gasteiger partial charge in [0.15, 0.2) is 0 Å². The first kappa shape index (κ1) is 12.9. The van der Waals surface area contributed by atoms with Crippen molar-refractivity contribution in [2.45, 2.75) is 46.1 Å². The molecular weight excluding hydrogens is 162 g/mol. The van der Waals surface area contributed by atoms with Crippen molar-refractivity contribution < 1.29 is 0 Å². The lowest BCUT2D eigenvalue weighted by molar-refractivity contribution is 0.277. The highest BCUT2D eigenvalue weighted by atomic mass is 15.2. The van der Waals surface area contributed by atoms with Gasteiger partial charge in [0.2, 0.25) is 0 Å². The van der Waals surface area contributed by atoms with Gasteiger partial charge >= 0.3 is 0 Å². The Hall–Kier alpha value is -0.120. The van der Waals surface area contributed by atoms with Gasteiger partial charge in [-0.2, -0.15) is 0 Å². The van der Waals surface area contributed by atoms with Crippen LogP contribution in [0, 0.1) is 0 Å². The Labute approximate surface area is 82.6 Å². The second-order valence-corrected chi connectivity index (χ2v) is 3.47. The van der Waals surface area contributed by atoms with Gasteiger partial charge in [-0.25, -0.2) is 0 Å². The summed E-state index contributed by atoms with van der Waals surface area (Å²) in [5.41, 5.74) is 2.88. The molecule has 0 aliphatic rings. The molecule has 0 saturated heterocycles.